The molecule has 12 heteroatoms. The van der Waals surface area contributed by atoms with E-state index in [9.17, 15) is 18.7 Å². The van der Waals surface area contributed by atoms with Crippen molar-refractivity contribution in [1.82, 2.24) is 38.7 Å². The van der Waals surface area contributed by atoms with E-state index in [1.54, 1.807) is 30.9 Å². The summed E-state index contributed by atoms with van der Waals surface area (Å²) in [4.78, 5) is 21.2. The van der Waals surface area contributed by atoms with Crippen molar-refractivity contribution in [3.05, 3.63) is 108 Å². The predicted molar refractivity (Wildman–Crippen MR) is 120 cm³/mol. The molecule has 0 spiro atoms. The van der Waals surface area contributed by atoms with Crippen molar-refractivity contribution in [2.45, 2.75) is 25.1 Å². The highest BCUT2D eigenvalue weighted by Crippen LogP contribution is 2.35. The first-order valence-corrected chi connectivity index (χ1v) is 10.6. The molecular weight excluding hydrogens is 458 g/mol. The van der Waals surface area contributed by atoms with Crippen LogP contribution in [0.25, 0.3) is 11.4 Å². The molecule has 3 heterocycles. The van der Waals surface area contributed by atoms with Crippen molar-refractivity contribution in [3.63, 3.8) is 0 Å². The highest BCUT2D eigenvalue weighted by atomic mass is 19.1. The van der Waals surface area contributed by atoms with E-state index in [1.165, 1.54) is 35.2 Å². The van der Waals surface area contributed by atoms with Crippen LogP contribution in [0, 0.1) is 11.6 Å². The van der Waals surface area contributed by atoms with Crippen LogP contribution in [0.5, 0.6) is 0 Å². The SMILES string of the molecule is C[C@@H](n1ncn(-c2ccc(-n3ccnc3)cc2)c1=O)[C@](O)(Cn1cncn1)c1ccc(F)cc1F. The molecule has 2 aromatic carbocycles. The van der Waals surface area contributed by atoms with Crippen LogP contribution in [-0.4, -0.2) is 43.8 Å². The van der Waals surface area contributed by atoms with Gasteiger partial charge in [0.2, 0.25) is 0 Å². The van der Waals surface area contributed by atoms with Crippen molar-refractivity contribution in [3.8, 4) is 11.4 Å². The Morgan fingerprint density at radius 1 is 1.00 bits per heavy atom. The third-order valence-corrected chi connectivity index (χ3v) is 5.95. The Morgan fingerprint density at radius 2 is 1.77 bits per heavy atom. The second kappa shape index (κ2) is 8.72. The van der Waals surface area contributed by atoms with Crippen molar-refractivity contribution in [1.29, 1.82) is 0 Å². The third kappa shape index (κ3) is 4.04. The Labute approximate surface area is 197 Å². The molecule has 0 fully saturated rings. The second-order valence-corrected chi connectivity index (χ2v) is 8.03. The lowest BCUT2D eigenvalue weighted by Gasteiger charge is -2.34. The molecular formula is C23H20F2N8O2. The van der Waals surface area contributed by atoms with Gasteiger partial charge in [0.1, 0.15) is 36.2 Å². The standard InChI is InChI=1S/C23H20F2N8O2/c1-16(23(35,11-31-14-27-12-28-31)20-7-2-17(24)10-21(20)25)33-22(34)32(15-29-33)19-5-3-18(4-6-19)30-9-8-26-13-30/h2-10,12-16,35H,11H2,1H3/t16-,23-/m1/s1. The minimum absolute atomic E-state index is 0.201. The molecule has 5 rings (SSSR count). The summed E-state index contributed by atoms with van der Waals surface area (Å²) in [6.45, 7) is 1.27. The molecule has 0 unspecified atom stereocenters. The number of benzene rings is 2. The number of aromatic nitrogens is 8. The van der Waals surface area contributed by atoms with Gasteiger partial charge in [-0.05, 0) is 37.3 Å². The van der Waals surface area contributed by atoms with Gasteiger partial charge < -0.3 is 9.67 Å². The molecule has 0 bridgehead atoms. The monoisotopic (exact) mass is 478 g/mol. The number of hydrogen-bond donors (Lipinski definition) is 1. The Hall–Kier alpha value is -4.45. The molecule has 0 aliphatic heterocycles. The van der Waals surface area contributed by atoms with Crippen LogP contribution >= 0.6 is 0 Å². The first-order chi connectivity index (χ1) is 16.9. The van der Waals surface area contributed by atoms with E-state index < -0.39 is 29.0 Å². The third-order valence-electron chi connectivity index (χ3n) is 5.95. The average Bonchev–Trinajstić information content (AvgIpc) is 3.61. The molecule has 0 saturated heterocycles. The summed E-state index contributed by atoms with van der Waals surface area (Å²) >= 11 is 0. The van der Waals surface area contributed by atoms with E-state index in [4.69, 9.17) is 0 Å². The molecule has 5 aromatic rings. The van der Waals surface area contributed by atoms with Crippen molar-refractivity contribution in [2.75, 3.05) is 0 Å². The van der Waals surface area contributed by atoms with Crippen LogP contribution in [0.3, 0.4) is 0 Å². The molecule has 1 N–H and O–H groups in total. The van der Waals surface area contributed by atoms with Crippen LogP contribution in [0.15, 0.2) is 85.0 Å². The quantitative estimate of drug-likeness (QED) is 0.384. The highest BCUT2D eigenvalue weighted by Gasteiger charge is 2.41. The van der Waals surface area contributed by atoms with Gasteiger partial charge in [-0.1, -0.05) is 6.07 Å². The van der Waals surface area contributed by atoms with E-state index in [0.29, 0.717) is 11.8 Å². The fourth-order valence-corrected chi connectivity index (χ4v) is 4.00. The molecule has 0 aliphatic carbocycles. The topological polar surface area (TPSA) is 109 Å². The van der Waals surface area contributed by atoms with E-state index >= 15 is 0 Å². The number of nitrogens with zero attached hydrogens (tertiary/aromatic N) is 8. The van der Waals surface area contributed by atoms with Gasteiger partial charge in [-0.3, -0.25) is 0 Å². The minimum Gasteiger partial charge on any atom is -0.381 e. The molecule has 35 heavy (non-hydrogen) atoms. The van der Waals surface area contributed by atoms with Gasteiger partial charge in [-0.25, -0.2) is 37.5 Å². The Kier molecular flexibility index (Phi) is 5.57. The van der Waals surface area contributed by atoms with E-state index in [-0.39, 0.29) is 12.1 Å². The van der Waals surface area contributed by atoms with Gasteiger partial charge in [0.05, 0.1) is 24.6 Å². The summed E-state index contributed by atoms with van der Waals surface area (Å²) in [5, 5.41) is 19.9. The number of halogens is 2. The van der Waals surface area contributed by atoms with Crippen LogP contribution in [0.1, 0.15) is 18.5 Å². The molecule has 178 valence electrons. The first-order valence-electron chi connectivity index (χ1n) is 10.6. The summed E-state index contributed by atoms with van der Waals surface area (Å²) in [6, 6.07) is 8.93. The molecule has 2 atom stereocenters. The zero-order chi connectivity index (χ0) is 24.6. The molecule has 10 nitrogen and oxygen atoms in total. The van der Waals surface area contributed by atoms with E-state index in [0.717, 1.165) is 22.5 Å². The van der Waals surface area contributed by atoms with Crippen molar-refractivity contribution < 1.29 is 13.9 Å². The first kappa shape index (κ1) is 22.3. The summed E-state index contributed by atoms with van der Waals surface area (Å²) < 4.78 is 33.9. The summed E-state index contributed by atoms with van der Waals surface area (Å²) in [5.74, 6) is -1.75. The number of imidazole rings is 1. The molecule has 0 radical (unpaired) electrons. The molecule has 0 saturated carbocycles. The summed E-state index contributed by atoms with van der Waals surface area (Å²) in [5.41, 5.74) is -1.36. The fourth-order valence-electron chi connectivity index (χ4n) is 4.00. The average molecular weight is 478 g/mol. The molecule has 3 aromatic heterocycles. The lowest BCUT2D eigenvalue weighted by molar-refractivity contribution is -0.0381. The zero-order valence-electron chi connectivity index (χ0n) is 18.5. The van der Waals surface area contributed by atoms with Gasteiger partial charge in [-0.2, -0.15) is 10.2 Å². The molecule has 0 aliphatic rings. The van der Waals surface area contributed by atoms with Gasteiger partial charge in [0, 0.05) is 29.7 Å². The highest BCUT2D eigenvalue weighted by molar-refractivity contribution is 5.41. The van der Waals surface area contributed by atoms with E-state index in [2.05, 4.69) is 20.2 Å². The number of aliphatic hydroxyl groups is 1. The summed E-state index contributed by atoms with van der Waals surface area (Å²) in [7, 11) is 0. The van der Waals surface area contributed by atoms with E-state index in [1.807, 2.05) is 16.7 Å². The maximum atomic E-state index is 14.8. The van der Waals surface area contributed by atoms with Crippen LogP contribution in [0.4, 0.5) is 8.78 Å². The maximum Gasteiger partial charge on any atom is 0.350 e. The molecule has 0 amide bonds. The lowest BCUT2D eigenvalue weighted by Crippen LogP contribution is -2.44. The smallest absolute Gasteiger partial charge is 0.350 e. The van der Waals surface area contributed by atoms with Crippen LogP contribution < -0.4 is 5.69 Å². The van der Waals surface area contributed by atoms with Crippen molar-refractivity contribution >= 4 is 0 Å². The minimum atomic E-state index is -2.01. The van der Waals surface area contributed by atoms with Gasteiger partial charge in [0.15, 0.2) is 0 Å². The predicted octanol–water partition coefficient (Wildman–Crippen LogP) is 2.24. The zero-order valence-corrected chi connectivity index (χ0v) is 18.5. The fraction of sp³-hybridized carbons (Fsp3) is 0.174. The Bertz CT molecular complexity index is 1490. The van der Waals surface area contributed by atoms with Gasteiger partial charge in [0.25, 0.3) is 0 Å². The van der Waals surface area contributed by atoms with Crippen LogP contribution in [-0.2, 0) is 12.1 Å². The Balaban J connectivity index is 1.53. The lowest BCUT2D eigenvalue weighted by atomic mass is 9.86. The largest absolute Gasteiger partial charge is 0.381 e. The normalized spacial score (nSPS) is 14.1. The van der Waals surface area contributed by atoms with Crippen molar-refractivity contribution in [2.24, 2.45) is 0 Å². The Morgan fingerprint density at radius 3 is 2.43 bits per heavy atom. The van der Waals surface area contributed by atoms with Gasteiger partial charge >= 0.3 is 5.69 Å². The summed E-state index contributed by atoms with van der Waals surface area (Å²) in [6.07, 6.45) is 9.05. The maximum absolute atomic E-state index is 14.8. The second-order valence-electron chi connectivity index (χ2n) is 8.03. The number of rotatable bonds is 7. The number of hydrogen-bond acceptors (Lipinski definition) is 6. The van der Waals surface area contributed by atoms with Crippen LogP contribution in [0.2, 0.25) is 0 Å². The van der Waals surface area contributed by atoms with Gasteiger partial charge in [-0.15, -0.1) is 0 Å².